The molecule has 0 saturated heterocycles. The van der Waals surface area contributed by atoms with Crippen molar-refractivity contribution in [3.63, 3.8) is 0 Å². The van der Waals surface area contributed by atoms with E-state index >= 15 is 0 Å². The van der Waals surface area contributed by atoms with Crippen molar-refractivity contribution in [1.82, 2.24) is 0 Å². The van der Waals surface area contributed by atoms with E-state index in [0.29, 0.717) is 15.7 Å². The molecule has 1 saturated carbocycles. The van der Waals surface area contributed by atoms with E-state index in [2.05, 4.69) is 61.8 Å². The molecule has 2 aliphatic carbocycles. The summed E-state index contributed by atoms with van der Waals surface area (Å²) in [6.45, 7) is 9.69. The lowest BCUT2D eigenvalue weighted by Crippen LogP contribution is -2.52. The molecule has 0 bridgehead atoms. The molecule has 1 fully saturated rings. The Balaban J connectivity index is 2.12. The SMILES string of the molecule is Cc1ccc2c(c1)[C@]1(C)CC[C@@H](Br)C(C)(C)[C@H]1CC2. The monoisotopic (exact) mass is 320 g/mol. The summed E-state index contributed by atoms with van der Waals surface area (Å²) >= 11 is 3.95. The fourth-order valence-electron chi connectivity index (χ4n) is 4.76. The largest absolute Gasteiger partial charge is 0.0885 e. The zero-order valence-electron chi connectivity index (χ0n) is 12.6. The maximum Gasteiger partial charge on any atom is 0.0200 e. The molecule has 1 heteroatoms. The van der Waals surface area contributed by atoms with Crippen molar-refractivity contribution >= 4 is 15.9 Å². The molecule has 3 atom stereocenters. The number of fused-ring (bicyclic) bond motifs is 3. The Labute approximate surface area is 126 Å². The molecular formula is C18H25Br. The molecule has 0 nitrogen and oxygen atoms in total. The Morgan fingerprint density at radius 1 is 1.16 bits per heavy atom. The van der Waals surface area contributed by atoms with Crippen LogP contribution in [-0.2, 0) is 11.8 Å². The summed E-state index contributed by atoms with van der Waals surface area (Å²) < 4.78 is 0. The molecule has 0 radical (unpaired) electrons. The van der Waals surface area contributed by atoms with Gasteiger partial charge in [0.25, 0.3) is 0 Å². The van der Waals surface area contributed by atoms with Gasteiger partial charge < -0.3 is 0 Å². The molecule has 0 heterocycles. The maximum atomic E-state index is 3.95. The number of hydrogen-bond donors (Lipinski definition) is 0. The standard InChI is InChI=1S/C18H25Br/c1-12-5-6-13-7-8-15-17(2,3)16(19)9-10-18(15,4)14(13)11-12/h5-6,11,15-16H,7-10H2,1-4H3/t15-,16-,18+/m1/s1. The summed E-state index contributed by atoms with van der Waals surface area (Å²) in [5, 5.41) is 0. The zero-order chi connectivity index (χ0) is 13.8. The summed E-state index contributed by atoms with van der Waals surface area (Å²) in [5.74, 6) is 0.799. The minimum atomic E-state index is 0.382. The Morgan fingerprint density at radius 3 is 2.63 bits per heavy atom. The van der Waals surface area contributed by atoms with Crippen molar-refractivity contribution in [2.24, 2.45) is 11.3 Å². The first-order valence-corrected chi connectivity index (χ1v) is 8.51. The highest BCUT2D eigenvalue weighted by Crippen LogP contribution is 2.58. The lowest BCUT2D eigenvalue weighted by atomic mass is 9.50. The van der Waals surface area contributed by atoms with Gasteiger partial charge in [-0.15, -0.1) is 0 Å². The quantitative estimate of drug-likeness (QED) is 0.561. The Kier molecular flexibility index (Phi) is 3.13. The second kappa shape index (κ2) is 4.35. The van der Waals surface area contributed by atoms with E-state index < -0.39 is 0 Å². The van der Waals surface area contributed by atoms with Gasteiger partial charge in [0.15, 0.2) is 0 Å². The van der Waals surface area contributed by atoms with Gasteiger partial charge in [0, 0.05) is 4.83 Å². The van der Waals surface area contributed by atoms with Crippen LogP contribution in [0, 0.1) is 18.3 Å². The van der Waals surface area contributed by atoms with Gasteiger partial charge in [-0.25, -0.2) is 0 Å². The number of benzene rings is 1. The van der Waals surface area contributed by atoms with Crippen LogP contribution in [0.3, 0.4) is 0 Å². The number of alkyl halides is 1. The third-order valence-electron chi connectivity index (χ3n) is 5.97. The highest BCUT2D eigenvalue weighted by atomic mass is 79.9. The lowest BCUT2D eigenvalue weighted by Gasteiger charge is -2.56. The number of rotatable bonds is 0. The van der Waals surface area contributed by atoms with Crippen molar-refractivity contribution < 1.29 is 0 Å². The lowest BCUT2D eigenvalue weighted by molar-refractivity contribution is 0.0492. The van der Waals surface area contributed by atoms with E-state index in [9.17, 15) is 0 Å². The molecule has 2 aliphatic rings. The Bertz CT molecular complexity index is 502. The van der Waals surface area contributed by atoms with Gasteiger partial charge >= 0.3 is 0 Å². The van der Waals surface area contributed by atoms with Gasteiger partial charge in [0.05, 0.1) is 0 Å². The van der Waals surface area contributed by atoms with Crippen LogP contribution in [-0.4, -0.2) is 4.83 Å². The van der Waals surface area contributed by atoms with Crippen LogP contribution in [0.5, 0.6) is 0 Å². The highest BCUT2D eigenvalue weighted by Gasteiger charge is 2.52. The fraction of sp³-hybridized carbons (Fsp3) is 0.667. The maximum absolute atomic E-state index is 3.95. The van der Waals surface area contributed by atoms with Crippen molar-refractivity contribution in [3.05, 3.63) is 34.9 Å². The van der Waals surface area contributed by atoms with E-state index in [1.807, 2.05) is 0 Å². The van der Waals surface area contributed by atoms with Gasteiger partial charge in [0.2, 0.25) is 0 Å². The molecule has 0 N–H and O–H groups in total. The van der Waals surface area contributed by atoms with Crippen molar-refractivity contribution in [2.45, 2.75) is 63.6 Å². The molecule has 0 spiro atoms. The van der Waals surface area contributed by atoms with Crippen molar-refractivity contribution in [3.8, 4) is 0 Å². The van der Waals surface area contributed by atoms with Crippen molar-refractivity contribution in [2.75, 3.05) is 0 Å². The summed E-state index contributed by atoms with van der Waals surface area (Å²) in [6, 6.07) is 7.12. The van der Waals surface area contributed by atoms with Crippen LogP contribution in [0.15, 0.2) is 18.2 Å². The summed E-state index contributed by atoms with van der Waals surface area (Å²) in [6.07, 6.45) is 5.24. The van der Waals surface area contributed by atoms with Gasteiger partial charge in [-0.1, -0.05) is 60.5 Å². The van der Waals surface area contributed by atoms with Gasteiger partial charge in [-0.05, 0) is 60.5 Å². The predicted octanol–water partition coefficient (Wildman–Crippen LogP) is 5.40. The summed E-state index contributed by atoms with van der Waals surface area (Å²) in [7, 11) is 0. The van der Waals surface area contributed by atoms with E-state index in [1.165, 1.54) is 31.2 Å². The normalized spacial score (nSPS) is 36.5. The Morgan fingerprint density at radius 2 is 1.89 bits per heavy atom. The molecule has 3 rings (SSSR count). The topological polar surface area (TPSA) is 0 Å². The molecule has 1 aromatic rings. The van der Waals surface area contributed by atoms with Gasteiger partial charge in [0.1, 0.15) is 0 Å². The third kappa shape index (κ3) is 1.92. The molecule has 0 aliphatic heterocycles. The summed E-state index contributed by atoms with van der Waals surface area (Å²) in [5.41, 5.74) is 5.45. The smallest absolute Gasteiger partial charge is 0.0200 e. The first-order valence-electron chi connectivity index (χ1n) is 7.60. The van der Waals surface area contributed by atoms with Crippen LogP contribution < -0.4 is 0 Å². The third-order valence-corrected chi connectivity index (χ3v) is 7.61. The van der Waals surface area contributed by atoms with Crippen molar-refractivity contribution in [1.29, 1.82) is 0 Å². The minimum Gasteiger partial charge on any atom is -0.0885 e. The second-order valence-electron chi connectivity index (χ2n) is 7.50. The molecule has 0 aromatic heterocycles. The first kappa shape index (κ1) is 13.7. The molecule has 1 aromatic carbocycles. The average molecular weight is 321 g/mol. The first-order chi connectivity index (χ1) is 8.85. The minimum absolute atomic E-state index is 0.382. The molecule has 104 valence electrons. The van der Waals surface area contributed by atoms with Crippen LogP contribution in [0.4, 0.5) is 0 Å². The average Bonchev–Trinajstić information content (AvgIpc) is 2.35. The summed E-state index contributed by atoms with van der Waals surface area (Å²) in [4.78, 5) is 0.671. The van der Waals surface area contributed by atoms with E-state index in [4.69, 9.17) is 0 Å². The van der Waals surface area contributed by atoms with Gasteiger partial charge in [-0.2, -0.15) is 0 Å². The number of hydrogen-bond acceptors (Lipinski definition) is 0. The van der Waals surface area contributed by atoms with Crippen LogP contribution in [0.25, 0.3) is 0 Å². The molecule has 0 amide bonds. The predicted molar refractivity (Wildman–Crippen MR) is 86.1 cm³/mol. The Hall–Kier alpha value is -0.300. The fourth-order valence-corrected chi connectivity index (χ4v) is 5.31. The number of aryl methyl sites for hydroxylation is 2. The molecule has 19 heavy (non-hydrogen) atoms. The van der Waals surface area contributed by atoms with Crippen LogP contribution in [0.1, 0.15) is 56.7 Å². The van der Waals surface area contributed by atoms with Crippen LogP contribution >= 0.6 is 15.9 Å². The zero-order valence-corrected chi connectivity index (χ0v) is 14.2. The van der Waals surface area contributed by atoms with Crippen LogP contribution in [0.2, 0.25) is 0 Å². The molecular weight excluding hydrogens is 296 g/mol. The van der Waals surface area contributed by atoms with E-state index in [1.54, 1.807) is 11.1 Å². The van der Waals surface area contributed by atoms with E-state index in [0.717, 1.165) is 5.92 Å². The highest BCUT2D eigenvalue weighted by molar-refractivity contribution is 9.09. The van der Waals surface area contributed by atoms with Gasteiger partial charge in [-0.3, -0.25) is 0 Å². The number of halogens is 1. The molecule has 0 unspecified atom stereocenters. The van der Waals surface area contributed by atoms with E-state index in [-0.39, 0.29) is 0 Å². The second-order valence-corrected chi connectivity index (χ2v) is 8.60.